The predicted molar refractivity (Wildman–Crippen MR) is 95.0 cm³/mol. The summed E-state index contributed by atoms with van der Waals surface area (Å²) in [4.78, 5) is 12.3. The van der Waals surface area contributed by atoms with Crippen molar-refractivity contribution in [3.05, 3.63) is 53.6 Å². The monoisotopic (exact) mass is 346 g/mol. The maximum atomic E-state index is 12.3. The molecule has 2 rings (SSSR count). The zero-order chi connectivity index (χ0) is 17.9. The summed E-state index contributed by atoms with van der Waals surface area (Å²) < 4.78 is 29.4. The second-order valence-corrected chi connectivity index (χ2v) is 7.86. The van der Waals surface area contributed by atoms with Gasteiger partial charge in [0.05, 0.1) is 17.6 Å². The van der Waals surface area contributed by atoms with Crippen molar-refractivity contribution in [2.75, 3.05) is 13.4 Å². The normalized spacial score (nSPS) is 12.7. The number of carbonyl (C=O) groups is 1. The molecule has 1 atom stereocenters. The predicted octanol–water partition coefficient (Wildman–Crippen LogP) is 4.06. The molecule has 0 N–H and O–H groups in total. The Hall–Kier alpha value is -2.14. The van der Waals surface area contributed by atoms with E-state index in [1.165, 1.54) is 13.2 Å². The lowest BCUT2D eigenvalue weighted by Crippen LogP contribution is -2.11. The fraction of sp³-hybridized carbons (Fsp3) is 0.316. The molecule has 4 nitrogen and oxygen atoms in total. The number of hydrogen-bond acceptors (Lipinski definition) is 4. The zero-order valence-corrected chi connectivity index (χ0v) is 15.2. The van der Waals surface area contributed by atoms with Crippen LogP contribution in [0.25, 0.3) is 11.1 Å². The molecule has 0 amide bonds. The van der Waals surface area contributed by atoms with Crippen molar-refractivity contribution in [2.45, 2.75) is 31.1 Å². The van der Waals surface area contributed by atoms with Crippen LogP contribution in [0.1, 0.15) is 42.1 Å². The van der Waals surface area contributed by atoms with Gasteiger partial charge in [-0.2, -0.15) is 0 Å². The number of carbonyl (C=O) groups excluding carboxylic acids is 1. The van der Waals surface area contributed by atoms with Crippen LogP contribution in [0.4, 0.5) is 0 Å². The fourth-order valence-electron chi connectivity index (χ4n) is 2.66. The Kier molecular flexibility index (Phi) is 5.44. The lowest BCUT2D eigenvalue weighted by Gasteiger charge is -2.18. The minimum atomic E-state index is -3.50. The van der Waals surface area contributed by atoms with E-state index in [0.717, 1.165) is 23.8 Å². The number of ether oxygens (including phenoxy) is 1. The molecule has 0 saturated carbocycles. The molecule has 24 heavy (non-hydrogen) atoms. The van der Waals surface area contributed by atoms with Crippen molar-refractivity contribution in [1.29, 1.82) is 0 Å². The Bertz CT molecular complexity index is 839. The molecule has 0 aliphatic carbocycles. The van der Waals surface area contributed by atoms with Gasteiger partial charge >= 0.3 is 5.97 Å². The maximum absolute atomic E-state index is 12.3. The summed E-state index contributed by atoms with van der Waals surface area (Å²) in [7, 11) is -2.20. The van der Waals surface area contributed by atoms with E-state index in [-0.39, 0.29) is 10.8 Å². The van der Waals surface area contributed by atoms with Gasteiger partial charge in [-0.15, -0.1) is 0 Å². The van der Waals surface area contributed by atoms with Crippen molar-refractivity contribution in [3.63, 3.8) is 0 Å². The maximum Gasteiger partial charge on any atom is 0.338 e. The Morgan fingerprint density at radius 2 is 1.79 bits per heavy atom. The van der Waals surface area contributed by atoms with E-state index in [2.05, 4.69) is 0 Å². The van der Waals surface area contributed by atoms with Crippen molar-refractivity contribution in [3.8, 4) is 11.1 Å². The van der Waals surface area contributed by atoms with Gasteiger partial charge in [-0.25, -0.2) is 13.2 Å². The average Bonchev–Trinajstić information content (AvgIpc) is 2.59. The van der Waals surface area contributed by atoms with Gasteiger partial charge in [0.25, 0.3) is 0 Å². The van der Waals surface area contributed by atoms with Gasteiger partial charge in [-0.3, -0.25) is 0 Å². The summed E-state index contributed by atoms with van der Waals surface area (Å²) in [5.74, 6) is -0.412. The smallest absolute Gasteiger partial charge is 0.338 e. The second kappa shape index (κ2) is 7.18. The highest BCUT2D eigenvalue weighted by molar-refractivity contribution is 7.90. The first-order valence-electron chi connectivity index (χ1n) is 7.81. The van der Waals surface area contributed by atoms with Crippen molar-refractivity contribution in [2.24, 2.45) is 0 Å². The summed E-state index contributed by atoms with van der Waals surface area (Å²) in [6.45, 7) is 4.04. The van der Waals surface area contributed by atoms with Crippen LogP contribution < -0.4 is 0 Å². The molecule has 0 bridgehead atoms. The molecular formula is C19H22O4S. The SMILES string of the molecule is CCC(C)c1cc(-c2ccccc2)c(S(C)(=O)=O)cc1C(=O)OC. The van der Waals surface area contributed by atoms with Gasteiger partial charge in [-0.05, 0) is 35.6 Å². The molecule has 0 aliphatic rings. The highest BCUT2D eigenvalue weighted by Crippen LogP contribution is 2.34. The fourth-order valence-corrected chi connectivity index (χ4v) is 3.57. The van der Waals surface area contributed by atoms with Crippen molar-refractivity contribution < 1.29 is 17.9 Å². The van der Waals surface area contributed by atoms with Crippen molar-refractivity contribution in [1.82, 2.24) is 0 Å². The standard InChI is InChI=1S/C19H22O4S/c1-5-13(2)15-11-16(14-9-7-6-8-10-14)18(24(4,21)22)12-17(15)19(20)23-3/h6-13H,5H2,1-4H3. The Morgan fingerprint density at radius 1 is 1.17 bits per heavy atom. The molecule has 5 heteroatoms. The van der Waals surface area contributed by atoms with E-state index in [4.69, 9.17) is 4.74 Å². The highest BCUT2D eigenvalue weighted by Gasteiger charge is 2.23. The van der Waals surface area contributed by atoms with Crippen LogP contribution in [-0.2, 0) is 14.6 Å². The van der Waals surface area contributed by atoms with Crippen LogP contribution in [-0.4, -0.2) is 27.8 Å². The summed E-state index contributed by atoms with van der Waals surface area (Å²) in [6, 6.07) is 12.6. The van der Waals surface area contributed by atoms with E-state index in [1.807, 2.05) is 50.2 Å². The van der Waals surface area contributed by atoms with Crippen LogP contribution in [0.3, 0.4) is 0 Å². The Labute approximate surface area is 143 Å². The number of benzene rings is 2. The lowest BCUT2D eigenvalue weighted by molar-refractivity contribution is 0.0598. The third-order valence-corrected chi connectivity index (χ3v) is 5.32. The topological polar surface area (TPSA) is 60.4 Å². The molecule has 0 radical (unpaired) electrons. The summed E-state index contributed by atoms with van der Waals surface area (Å²) in [5, 5.41) is 0. The molecule has 0 fully saturated rings. The Morgan fingerprint density at radius 3 is 2.29 bits per heavy atom. The largest absolute Gasteiger partial charge is 0.465 e. The van der Waals surface area contributed by atoms with E-state index in [1.54, 1.807) is 0 Å². The van der Waals surface area contributed by atoms with E-state index in [0.29, 0.717) is 11.1 Å². The molecule has 0 saturated heterocycles. The minimum absolute atomic E-state index is 0.107. The van der Waals surface area contributed by atoms with Gasteiger partial charge in [0, 0.05) is 11.8 Å². The molecular weight excluding hydrogens is 324 g/mol. The third kappa shape index (κ3) is 3.67. The van der Waals surface area contributed by atoms with Gasteiger partial charge in [0.1, 0.15) is 0 Å². The Balaban J connectivity index is 2.85. The molecule has 2 aromatic rings. The third-order valence-electron chi connectivity index (χ3n) is 4.18. The van der Waals surface area contributed by atoms with Gasteiger partial charge in [0.2, 0.25) is 0 Å². The molecule has 0 aromatic heterocycles. The van der Waals surface area contributed by atoms with Crippen LogP contribution in [0.2, 0.25) is 0 Å². The summed E-state index contributed by atoms with van der Waals surface area (Å²) in [5.41, 5.74) is 2.53. The second-order valence-electron chi connectivity index (χ2n) is 5.87. The molecule has 1 unspecified atom stereocenters. The first-order valence-corrected chi connectivity index (χ1v) is 9.70. The average molecular weight is 346 g/mol. The number of rotatable bonds is 5. The zero-order valence-electron chi connectivity index (χ0n) is 14.4. The molecule has 2 aromatic carbocycles. The number of sulfone groups is 1. The van der Waals surface area contributed by atoms with Crippen LogP contribution in [0, 0.1) is 0 Å². The number of hydrogen-bond donors (Lipinski definition) is 0. The highest BCUT2D eigenvalue weighted by atomic mass is 32.2. The van der Waals surface area contributed by atoms with Gasteiger partial charge in [-0.1, -0.05) is 44.2 Å². The van der Waals surface area contributed by atoms with E-state index >= 15 is 0 Å². The minimum Gasteiger partial charge on any atom is -0.465 e. The summed E-state index contributed by atoms with van der Waals surface area (Å²) in [6.07, 6.45) is 1.98. The van der Waals surface area contributed by atoms with Crippen LogP contribution >= 0.6 is 0 Å². The van der Waals surface area contributed by atoms with E-state index in [9.17, 15) is 13.2 Å². The molecule has 0 aliphatic heterocycles. The van der Waals surface area contributed by atoms with E-state index < -0.39 is 15.8 Å². The van der Waals surface area contributed by atoms with Crippen molar-refractivity contribution >= 4 is 15.8 Å². The number of methoxy groups -OCH3 is 1. The van der Waals surface area contributed by atoms with Gasteiger partial charge in [0.15, 0.2) is 9.84 Å². The molecule has 128 valence electrons. The first-order chi connectivity index (χ1) is 11.3. The molecule has 0 spiro atoms. The lowest BCUT2D eigenvalue weighted by atomic mass is 9.90. The van der Waals surface area contributed by atoms with Crippen LogP contribution in [0.5, 0.6) is 0 Å². The van der Waals surface area contributed by atoms with Crippen LogP contribution in [0.15, 0.2) is 47.4 Å². The first kappa shape index (κ1) is 18.2. The number of esters is 1. The van der Waals surface area contributed by atoms with Gasteiger partial charge < -0.3 is 4.74 Å². The molecule has 0 heterocycles. The quantitative estimate of drug-likeness (QED) is 0.766. The summed E-state index contributed by atoms with van der Waals surface area (Å²) >= 11 is 0.